The molecule has 0 saturated carbocycles. The van der Waals surface area contributed by atoms with E-state index >= 15 is 0 Å². The van der Waals surface area contributed by atoms with Gasteiger partial charge in [-0.15, -0.1) is 0 Å². The third kappa shape index (κ3) is 4.45. The van der Waals surface area contributed by atoms with Crippen LogP contribution in [0.25, 0.3) is 0 Å². The minimum Gasteiger partial charge on any atom is -0.457 e. The van der Waals surface area contributed by atoms with Crippen molar-refractivity contribution in [3.8, 4) is 0 Å². The average Bonchev–Trinajstić information content (AvgIpc) is 2.79. The van der Waals surface area contributed by atoms with Gasteiger partial charge in [0.25, 0.3) is 0 Å². The van der Waals surface area contributed by atoms with Gasteiger partial charge in [-0.05, 0) is 54.0 Å². The first-order chi connectivity index (χ1) is 14.2. The van der Waals surface area contributed by atoms with Gasteiger partial charge in [-0.25, -0.2) is 0 Å². The molecule has 0 unspecified atom stereocenters. The molecule has 0 aromatic heterocycles. The maximum absolute atomic E-state index is 12.9. The fraction of sp³-hybridized carbons (Fsp3) is 0.231. The first kappa shape index (κ1) is 19.1. The van der Waals surface area contributed by atoms with Crippen LogP contribution in [0.1, 0.15) is 51.4 Å². The zero-order chi connectivity index (χ0) is 20.1. The Morgan fingerprint density at radius 1 is 0.759 bits per heavy atom. The molecule has 0 atom stereocenters. The Labute approximate surface area is 171 Å². The lowest BCUT2D eigenvalue weighted by molar-refractivity contribution is -0.143. The highest BCUT2D eigenvalue weighted by Gasteiger charge is 2.25. The average molecular weight is 384 g/mol. The number of rotatable bonds is 6. The van der Waals surface area contributed by atoms with Gasteiger partial charge in [0.05, 0.1) is 0 Å². The first-order valence-corrected chi connectivity index (χ1v) is 10.1. The molecule has 0 radical (unpaired) electrons. The van der Waals surface area contributed by atoms with Gasteiger partial charge >= 0.3 is 5.97 Å². The molecular weight excluding hydrogens is 360 g/mol. The van der Waals surface area contributed by atoms with E-state index in [1.165, 1.54) is 17.5 Å². The molecule has 146 valence electrons. The molecule has 0 spiro atoms. The molecule has 1 aliphatic carbocycles. The summed E-state index contributed by atoms with van der Waals surface area (Å²) in [5, 5.41) is 0. The SMILES string of the molecule is O=C(COC(=O)C(c1ccccc1)c1ccccc1)c1ccc2c(c1)CCCC2. The molecule has 1 aliphatic rings. The predicted molar refractivity (Wildman–Crippen MR) is 113 cm³/mol. The van der Waals surface area contributed by atoms with Crippen molar-refractivity contribution in [3.05, 3.63) is 107 Å². The summed E-state index contributed by atoms with van der Waals surface area (Å²) >= 11 is 0. The highest BCUT2D eigenvalue weighted by atomic mass is 16.5. The highest BCUT2D eigenvalue weighted by molar-refractivity contribution is 5.98. The zero-order valence-electron chi connectivity index (χ0n) is 16.3. The van der Waals surface area contributed by atoms with E-state index in [0.29, 0.717) is 5.56 Å². The summed E-state index contributed by atoms with van der Waals surface area (Å²) in [6.45, 7) is -0.242. The molecule has 0 amide bonds. The smallest absolute Gasteiger partial charge is 0.318 e. The van der Waals surface area contributed by atoms with Crippen LogP contribution < -0.4 is 0 Å². The number of benzene rings is 3. The molecule has 0 bridgehead atoms. The second-order valence-electron chi connectivity index (χ2n) is 7.48. The van der Waals surface area contributed by atoms with E-state index in [2.05, 4.69) is 0 Å². The van der Waals surface area contributed by atoms with Crippen molar-refractivity contribution in [2.24, 2.45) is 0 Å². The first-order valence-electron chi connectivity index (χ1n) is 10.1. The summed E-state index contributed by atoms with van der Waals surface area (Å²) < 4.78 is 5.48. The molecular formula is C26H24O3. The minimum absolute atomic E-state index is 0.161. The summed E-state index contributed by atoms with van der Waals surface area (Å²) in [5.74, 6) is -1.12. The van der Waals surface area contributed by atoms with Crippen molar-refractivity contribution >= 4 is 11.8 Å². The molecule has 0 saturated heterocycles. The molecule has 4 rings (SSSR count). The molecule has 0 heterocycles. The van der Waals surface area contributed by atoms with Crippen LogP contribution in [0.3, 0.4) is 0 Å². The van der Waals surface area contributed by atoms with E-state index < -0.39 is 11.9 Å². The minimum atomic E-state index is -0.547. The molecule has 0 N–H and O–H groups in total. The summed E-state index contributed by atoms with van der Waals surface area (Å²) in [6.07, 6.45) is 4.46. The van der Waals surface area contributed by atoms with Crippen LogP contribution in [0.15, 0.2) is 78.9 Å². The summed E-state index contributed by atoms with van der Waals surface area (Å²) in [7, 11) is 0. The normalized spacial score (nSPS) is 13.0. The number of carbonyl (C=O) groups is 2. The zero-order valence-corrected chi connectivity index (χ0v) is 16.3. The largest absolute Gasteiger partial charge is 0.457 e. The van der Waals surface area contributed by atoms with Crippen LogP contribution in [0, 0.1) is 0 Å². The molecule has 29 heavy (non-hydrogen) atoms. The Kier molecular flexibility index (Phi) is 5.85. The van der Waals surface area contributed by atoms with Crippen molar-refractivity contribution in [1.29, 1.82) is 0 Å². The van der Waals surface area contributed by atoms with Crippen molar-refractivity contribution in [2.45, 2.75) is 31.6 Å². The quantitative estimate of drug-likeness (QED) is 0.437. The molecule has 0 fully saturated rings. The van der Waals surface area contributed by atoms with Crippen molar-refractivity contribution in [2.75, 3.05) is 6.61 Å². The van der Waals surface area contributed by atoms with Crippen molar-refractivity contribution < 1.29 is 14.3 Å². The summed E-state index contributed by atoms with van der Waals surface area (Å²) in [4.78, 5) is 25.6. The van der Waals surface area contributed by atoms with E-state index in [1.54, 1.807) is 0 Å². The van der Waals surface area contributed by atoms with Crippen molar-refractivity contribution in [1.82, 2.24) is 0 Å². The summed E-state index contributed by atoms with van der Waals surface area (Å²) in [6, 6.07) is 24.9. The third-order valence-corrected chi connectivity index (χ3v) is 5.52. The Balaban J connectivity index is 1.49. The number of ketones is 1. The van der Waals surface area contributed by atoms with E-state index in [9.17, 15) is 9.59 Å². The molecule has 3 nitrogen and oxygen atoms in total. The van der Waals surface area contributed by atoms with E-state index in [-0.39, 0.29) is 12.4 Å². The molecule has 0 aliphatic heterocycles. The maximum Gasteiger partial charge on any atom is 0.318 e. The molecule has 3 aromatic carbocycles. The Morgan fingerprint density at radius 3 is 1.97 bits per heavy atom. The van der Waals surface area contributed by atoms with Crippen LogP contribution in [0.2, 0.25) is 0 Å². The molecule has 3 aromatic rings. The Bertz CT molecular complexity index is 953. The topological polar surface area (TPSA) is 43.4 Å². The lowest BCUT2D eigenvalue weighted by Gasteiger charge is -2.18. The number of hydrogen-bond acceptors (Lipinski definition) is 3. The molecule has 3 heteroatoms. The maximum atomic E-state index is 12.9. The van der Waals surface area contributed by atoms with Crippen LogP contribution in [-0.2, 0) is 22.4 Å². The number of esters is 1. The fourth-order valence-electron chi connectivity index (χ4n) is 3.97. The Hall–Kier alpha value is -3.20. The van der Waals surface area contributed by atoms with Gasteiger partial charge in [0.15, 0.2) is 12.4 Å². The number of Topliss-reactive ketones (excluding diaryl/α,β-unsaturated/α-hetero) is 1. The lowest BCUT2D eigenvalue weighted by atomic mass is 9.90. The van der Waals surface area contributed by atoms with Crippen LogP contribution in [-0.4, -0.2) is 18.4 Å². The van der Waals surface area contributed by atoms with Gasteiger partial charge in [-0.3, -0.25) is 9.59 Å². The number of ether oxygens (including phenoxy) is 1. The third-order valence-electron chi connectivity index (χ3n) is 5.52. The van der Waals surface area contributed by atoms with E-state index in [4.69, 9.17) is 4.74 Å². The number of hydrogen-bond donors (Lipinski definition) is 0. The van der Waals surface area contributed by atoms with Gasteiger partial charge in [-0.2, -0.15) is 0 Å². The number of carbonyl (C=O) groups excluding carboxylic acids is 2. The predicted octanol–water partition coefficient (Wildman–Crippen LogP) is 5.12. The van der Waals surface area contributed by atoms with Gasteiger partial charge in [-0.1, -0.05) is 72.8 Å². The van der Waals surface area contributed by atoms with Gasteiger partial charge < -0.3 is 4.74 Å². The standard InChI is InChI=1S/C26H24O3/c27-24(23-16-15-19-9-7-8-14-22(19)17-23)18-29-26(28)25(20-10-3-1-4-11-20)21-12-5-2-6-13-21/h1-6,10-13,15-17,25H,7-9,14,18H2. The van der Waals surface area contributed by atoms with Crippen molar-refractivity contribution in [3.63, 3.8) is 0 Å². The number of aryl methyl sites for hydroxylation is 2. The van der Waals surface area contributed by atoms with Crippen LogP contribution >= 0.6 is 0 Å². The summed E-state index contributed by atoms with van der Waals surface area (Å²) in [5.41, 5.74) is 4.90. The Morgan fingerprint density at radius 2 is 1.34 bits per heavy atom. The van der Waals surface area contributed by atoms with E-state index in [1.807, 2.05) is 78.9 Å². The lowest BCUT2D eigenvalue weighted by Crippen LogP contribution is -2.21. The van der Waals surface area contributed by atoms with Gasteiger partial charge in [0.1, 0.15) is 5.92 Å². The van der Waals surface area contributed by atoms with Gasteiger partial charge in [0.2, 0.25) is 0 Å². The van der Waals surface area contributed by atoms with Gasteiger partial charge in [0, 0.05) is 5.56 Å². The second kappa shape index (κ2) is 8.87. The fourth-order valence-corrected chi connectivity index (χ4v) is 3.97. The second-order valence-corrected chi connectivity index (χ2v) is 7.48. The van der Waals surface area contributed by atoms with Crippen LogP contribution in [0.4, 0.5) is 0 Å². The number of fused-ring (bicyclic) bond motifs is 1. The van der Waals surface area contributed by atoms with Crippen LogP contribution in [0.5, 0.6) is 0 Å². The van der Waals surface area contributed by atoms with E-state index in [0.717, 1.165) is 30.4 Å². The highest BCUT2D eigenvalue weighted by Crippen LogP contribution is 2.26. The monoisotopic (exact) mass is 384 g/mol.